The van der Waals surface area contributed by atoms with E-state index >= 15 is 0 Å². The second kappa shape index (κ2) is 8.08. The second-order valence-corrected chi connectivity index (χ2v) is 7.32. The predicted molar refractivity (Wildman–Crippen MR) is 112 cm³/mol. The number of nitrogens with zero attached hydrogens (tertiary/aromatic N) is 2. The van der Waals surface area contributed by atoms with Crippen molar-refractivity contribution in [3.05, 3.63) is 88.8 Å². The van der Waals surface area contributed by atoms with Crippen molar-refractivity contribution in [2.75, 3.05) is 0 Å². The Morgan fingerprint density at radius 3 is 2.63 bits per heavy atom. The number of halogens is 3. The minimum Gasteiger partial charge on any atom is -0.267 e. The molecule has 1 amide bonds. The van der Waals surface area contributed by atoms with E-state index in [1.165, 1.54) is 29.7 Å². The number of hydrogen-bond acceptors (Lipinski definition) is 4. The van der Waals surface area contributed by atoms with Gasteiger partial charge in [-0.2, -0.15) is 18.3 Å². The third-order valence-corrected chi connectivity index (χ3v) is 5.22. The van der Waals surface area contributed by atoms with Crippen LogP contribution in [0.25, 0.3) is 21.5 Å². The monoisotopic (exact) mass is 425 g/mol. The van der Waals surface area contributed by atoms with Gasteiger partial charge in [-0.3, -0.25) is 4.79 Å². The quantitative estimate of drug-likeness (QED) is 0.335. The van der Waals surface area contributed by atoms with Crippen molar-refractivity contribution >= 4 is 34.4 Å². The van der Waals surface area contributed by atoms with Crippen LogP contribution < -0.4 is 5.43 Å². The Labute approximate surface area is 173 Å². The van der Waals surface area contributed by atoms with Crippen molar-refractivity contribution in [3.63, 3.8) is 0 Å². The molecular formula is C22H14F3N3OS. The van der Waals surface area contributed by atoms with Gasteiger partial charge >= 0.3 is 6.18 Å². The summed E-state index contributed by atoms with van der Waals surface area (Å²) < 4.78 is 38.5. The molecule has 4 rings (SSSR count). The molecule has 0 atom stereocenters. The van der Waals surface area contributed by atoms with Crippen LogP contribution in [0, 0.1) is 0 Å². The highest BCUT2D eigenvalue weighted by molar-refractivity contribution is 7.13. The number of rotatable bonds is 4. The Hall–Kier alpha value is -3.52. The van der Waals surface area contributed by atoms with Gasteiger partial charge in [-0.1, -0.05) is 36.4 Å². The third-order valence-electron chi connectivity index (χ3n) is 4.33. The summed E-state index contributed by atoms with van der Waals surface area (Å²) in [7, 11) is 0. The number of carbonyl (C=O) groups is 1. The van der Waals surface area contributed by atoms with Gasteiger partial charge in [-0.05, 0) is 41.3 Å². The lowest BCUT2D eigenvalue weighted by Gasteiger charge is -2.08. The topological polar surface area (TPSA) is 54.4 Å². The van der Waals surface area contributed by atoms with Gasteiger partial charge in [-0.15, -0.1) is 11.3 Å². The zero-order valence-corrected chi connectivity index (χ0v) is 16.2. The molecule has 0 radical (unpaired) electrons. The Morgan fingerprint density at radius 2 is 1.87 bits per heavy atom. The number of nitrogens with one attached hydrogen (secondary N) is 1. The minimum atomic E-state index is -4.44. The van der Waals surface area contributed by atoms with E-state index in [2.05, 4.69) is 15.5 Å². The van der Waals surface area contributed by atoms with Crippen molar-refractivity contribution in [2.24, 2.45) is 5.10 Å². The molecule has 150 valence electrons. The Kier molecular flexibility index (Phi) is 5.33. The van der Waals surface area contributed by atoms with Crippen LogP contribution in [0.4, 0.5) is 13.2 Å². The first-order valence-electron chi connectivity index (χ1n) is 8.86. The average molecular weight is 425 g/mol. The van der Waals surface area contributed by atoms with E-state index in [4.69, 9.17) is 0 Å². The van der Waals surface area contributed by atoms with Crippen LogP contribution >= 0.6 is 11.3 Å². The molecule has 0 aliphatic carbocycles. The molecule has 0 saturated heterocycles. The molecular weight excluding hydrogens is 411 g/mol. The first-order chi connectivity index (χ1) is 14.4. The third kappa shape index (κ3) is 4.23. The maximum atomic E-state index is 12.8. The van der Waals surface area contributed by atoms with Gasteiger partial charge < -0.3 is 0 Å². The van der Waals surface area contributed by atoms with E-state index in [-0.39, 0.29) is 5.56 Å². The van der Waals surface area contributed by atoms with Crippen molar-refractivity contribution in [1.29, 1.82) is 0 Å². The first-order valence-corrected chi connectivity index (χ1v) is 9.74. The Balaban J connectivity index is 1.61. The molecule has 0 aliphatic heterocycles. The number of hydrogen-bond donors (Lipinski definition) is 1. The largest absolute Gasteiger partial charge is 0.416 e. The van der Waals surface area contributed by atoms with Gasteiger partial charge in [0.1, 0.15) is 0 Å². The molecule has 2 aromatic heterocycles. The fourth-order valence-electron chi connectivity index (χ4n) is 2.93. The summed E-state index contributed by atoms with van der Waals surface area (Å²) in [6, 6.07) is 17.4. The smallest absolute Gasteiger partial charge is 0.267 e. The van der Waals surface area contributed by atoms with Crippen LogP contribution in [0.2, 0.25) is 0 Å². The fraction of sp³-hybridized carbons (Fsp3) is 0.0455. The van der Waals surface area contributed by atoms with Gasteiger partial charge in [0.25, 0.3) is 5.91 Å². The van der Waals surface area contributed by atoms with Crippen LogP contribution in [-0.2, 0) is 6.18 Å². The highest BCUT2D eigenvalue weighted by atomic mass is 32.1. The molecule has 30 heavy (non-hydrogen) atoms. The number of pyridine rings is 1. The molecule has 8 heteroatoms. The summed E-state index contributed by atoms with van der Waals surface area (Å²) in [4.78, 5) is 18.3. The van der Waals surface area contributed by atoms with Gasteiger partial charge in [0.15, 0.2) is 0 Å². The molecule has 2 aromatic carbocycles. The highest BCUT2D eigenvalue weighted by Gasteiger charge is 2.30. The first kappa shape index (κ1) is 19.8. The lowest BCUT2D eigenvalue weighted by molar-refractivity contribution is -0.137. The Morgan fingerprint density at radius 1 is 1.03 bits per heavy atom. The maximum Gasteiger partial charge on any atom is 0.416 e. The fourth-order valence-corrected chi connectivity index (χ4v) is 3.62. The number of fused-ring (bicyclic) bond motifs is 1. The van der Waals surface area contributed by atoms with E-state index in [1.54, 1.807) is 18.2 Å². The van der Waals surface area contributed by atoms with Crippen molar-refractivity contribution in [3.8, 4) is 10.6 Å². The average Bonchev–Trinajstić information content (AvgIpc) is 3.27. The number of aromatic nitrogens is 1. The van der Waals surface area contributed by atoms with Crippen molar-refractivity contribution in [1.82, 2.24) is 10.4 Å². The summed E-state index contributed by atoms with van der Waals surface area (Å²) in [5.74, 6) is -0.477. The van der Waals surface area contributed by atoms with Crippen LogP contribution in [0.15, 0.2) is 77.2 Å². The summed E-state index contributed by atoms with van der Waals surface area (Å²) in [6.07, 6.45) is -3.27. The number of hydrazone groups is 1. The lowest BCUT2D eigenvalue weighted by atomic mass is 10.1. The standard InChI is InChI=1S/C22H14F3N3OS/c23-22(24,25)15-6-3-5-14(11-15)13-26-28-21(29)17-12-19(20-9-4-10-30-20)27-18-8-2-1-7-16(17)18/h1-13H,(H,28,29)/b26-13+. The molecule has 1 N–H and O–H groups in total. The van der Waals surface area contributed by atoms with Crippen LogP contribution in [0.5, 0.6) is 0 Å². The lowest BCUT2D eigenvalue weighted by Crippen LogP contribution is -2.18. The molecule has 0 bridgehead atoms. The van der Waals surface area contributed by atoms with Crippen LogP contribution in [0.3, 0.4) is 0 Å². The summed E-state index contributed by atoms with van der Waals surface area (Å²) in [5.41, 5.74) is 3.55. The molecule has 0 unspecified atom stereocenters. The second-order valence-electron chi connectivity index (χ2n) is 6.37. The minimum absolute atomic E-state index is 0.226. The summed E-state index contributed by atoms with van der Waals surface area (Å²) in [6.45, 7) is 0. The van der Waals surface area contributed by atoms with E-state index in [9.17, 15) is 18.0 Å². The SMILES string of the molecule is O=C(N/N=C/c1cccc(C(F)(F)F)c1)c1cc(-c2cccs2)nc2ccccc12. The van der Waals surface area contributed by atoms with Crippen LogP contribution in [-0.4, -0.2) is 17.1 Å². The molecule has 0 spiro atoms. The molecule has 0 aliphatic rings. The van der Waals surface area contributed by atoms with Gasteiger partial charge in [0, 0.05) is 5.39 Å². The predicted octanol–water partition coefficient (Wildman–Crippen LogP) is 5.75. The molecule has 0 fully saturated rings. The zero-order chi connectivity index (χ0) is 21.1. The summed E-state index contributed by atoms with van der Waals surface area (Å²) >= 11 is 1.51. The van der Waals surface area contributed by atoms with E-state index < -0.39 is 17.6 Å². The number of para-hydroxylation sites is 1. The van der Waals surface area contributed by atoms with E-state index in [1.807, 2.05) is 29.6 Å². The number of benzene rings is 2. The number of amides is 1. The molecule has 4 nitrogen and oxygen atoms in total. The normalized spacial score (nSPS) is 11.8. The molecule has 0 saturated carbocycles. The molecule has 4 aromatic rings. The highest BCUT2D eigenvalue weighted by Crippen LogP contribution is 2.29. The zero-order valence-electron chi connectivity index (χ0n) is 15.4. The Bertz CT molecular complexity index is 1230. The van der Waals surface area contributed by atoms with Gasteiger partial charge in [-0.25, -0.2) is 10.4 Å². The number of alkyl halides is 3. The van der Waals surface area contributed by atoms with Crippen molar-refractivity contribution in [2.45, 2.75) is 6.18 Å². The summed E-state index contributed by atoms with van der Waals surface area (Å²) in [5, 5.41) is 6.41. The van der Waals surface area contributed by atoms with E-state index in [0.29, 0.717) is 22.2 Å². The van der Waals surface area contributed by atoms with Gasteiger partial charge in [0.05, 0.1) is 33.4 Å². The van der Waals surface area contributed by atoms with Crippen LogP contribution in [0.1, 0.15) is 21.5 Å². The maximum absolute atomic E-state index is 12.8. The molecule has 2 heterocycles. The number of carbonyl (C=O) groups excluding carboxylic acids is 1. The number of thiophene rings is 1. The van der Waals surface area contributed by atoms with Gasteiger partial charge in [0.2, 0.25) is 0 Å². The van der Waals surface area contributed by atoms with Crippen molar-refractivity contribution < 1.29 is 18.0 Å². The van der Waals surface area contributed by atoms with E-state index in [0.717, 1.165) is 17.0 Å².